The molecule has 7 heteroatoms. The van der Waals surface area contributed by atoms with Gasteiger partial charge in [0.15, 0.2) is 6.61 Å². The maximum atomic E-state index is 12.3. The van der Waals surface area contributed by atoms with E-state index in [-0.39, 0.29) is 12.5 Å². The Morgan fingerprint density at radius 2 is 2.14 bits per heavy atom. The summed E-state index contributed by atoms with van der Waals surface area (Å²) in [6.45, 7) is 7.31. The molecule has 7 nitrogen and oxygen atoms in total. The van der Waals surface area contributed by atoms with Gasteiger partial charge in [-0.25, -0.2) is 4.79 Å². The van der Waals surface area contributed by atoms with Gasteiger partial charge >= 0.3 is 5.97 Å². The van der Waals surface area contributed by atoms with E-state index in [2.05, 4.69) is 12.1 Å². The Kier molecular flexibility index (Phi) is 6.34. The van der Waals surface area contributed by atoms with Crippen LogP contribution in [-0.2, 0) is 16.1 Å². The minimum atomic E-state index is -0.541. The zero-order chi connectivity index (χ0) is 20.1. The predicted molar refractivity (Wildman–Crippen MR) is 102 cm³/mol. The molecule has 1 aromatic heterocycles. The molecular weight excluding hydrogens is 360 g/mol. The van der Waals surface area contributed by atoms with Gasteiger partial charge in [-0.15, -0.1) is 0 Å². The Bertz CT molecular complexity index is 826. The van der Waals surface area contributed by atoms with Crippen molar-refractivity contribution in [3.8, 4) is 5.75 Å². The number of rotatable bonds is 6. The summed E-state index contributed by atoms with van der Waals surface area (Å²) in [6.07, 6.45) is 2.12. The molecule has 0 saturated carbocycles. The third kappa shape index (κ3) is 4.91. The van der Waals surface area contributed by atoms with Crippen molar-refractivity contribution in [3.05, 3.63) is 46.8 Å². The van der Waals surface area contributed by atoms with Crippen molar-refractivity contribution >= 4 is 11.9 Å². The standard InChI is InChI=1S/C21H26N2O5/c1-14-6-5-9-23(11-14)20(24)13-27-21(25)17-7-4-8-18(10-17)26-12-19-15(2)22-28-16(19)3/h4,7-8,10,14H,5-6,9,11-13H2,1-3H3. The number of nitrogens with zero attached hydrogens (tertiary/aromatic N) is 2. The zero-order valence-corrected chi connectivity index (χ0v) is 16.6. The zero-order valence-electron chi connectivity index (χ0n) is 16.6. The first-order valence-electron chi connectivity index (χ1n) is 9.53. The molecule has 1 fully saturated rings. The van der Waals surface area contributed by atoms with Crippen molar-refractivity contribution < 1.29 is 23.6 Å². The van der Waals surface area contributed by atoms with E-state index in [1.165, 1.54) is 0 Å². The molecule has 0 aliphatic carbocycles. The lowest BCUT2D eigenvalue weighted by atomic mass is 10.0. The summed E-state index contributed by atoms with van der Waals surface area (Å²) in [6, 6.07) is 6.72. The lowest BCUT2D eigenvalue weighted by molar-refractivity contribution is -0.136. The first-order valence-corrected chi connectivity index (χ1v) is 9.53. The van der Waals surface area contributed by atoms with Crippen LogP contribution in [0.2, 0.25) is 0 Å². The summed E-state index contributed by atoms with van der Waals surface area (Å²) in [4.78, 5) is 26.3. The normalized spacial score (nSPS) is 16.7. The molecule has 0 N–H and O–H groups in total. The Balaban J connectivity index is 1.54. The topological polar surface area (TPSA) is 81.9 Å². The average molecular weight is 386 g/mol. The van der Waals surface area contributed by atoms with Gasteiger partial charge in [0.25, 0.3) is 5.91 Å². The third-order valence-electron chi connectivity index (χ3n) is 4.97. The molecule has 1 saturated heterocycles. The fourth-order valence-electron chi connectivity index (χ4n) is 3.29. The quantitative estimate of drug-likeness (QED) is 0.709. The first-order chi connectivity index (χ1) is 13.4. The number of esters is 1. The molecule has 3 rings (SSSR count). The van der Waals surface area contributed by atoms with Gasteiger partial charge in [0.2, 0.25) is 0 Å². The molecule has 1 unspecified atom stereocenters. The molecule has 0 spiro atoms. The second-order valence-corrected chi connectivity index (χ2v) is 7.28. The van der Waals surface area contributed by atoms with Crippen LogP contribution < -0.4 is 4.74 Å². The van der Waals surface area contributed by atoms with Crippen LogP contribution in [0.4, 0.5) is 0 Å². The van der Waals surface area contributed by atoms with Gasteiger partial charge in [0, 0.05) is 13.1 Å². The SMILES string of the molecule is Cc1noc(C)c1COc1cccc(C(=O)OCC(=O)N2CCCC(C)C2)c1. The monoisotopic (exact) mass is 386 g/mol. The molecule has 150 valence electrons. The molecule has 28 heavy (non-hydrogen) atoms. The van der Waals surface area contributed by atoms with Crippen molar-refractivity contribution in [2.45, 2.75) is 40.2 Å². The highest BCUT2D eigenvalue weighted by Crippen LogP contribution is 2.19. The average Bonchev–Trinajstić information content (AvgIpc) is 3.02. The van der Waals surface area contributed by atoms with E-state index in [0.29, 0.717) is 29.6 Å². The number of carbonyl (C=O) groups excluding carboxylic acids is 2. The lowest BCUT2D eigenvalue weighted by Gasteiger charge is -2.30. The highest BCUT2D eigenvalue weighted by Gasteiger charge is 2.22. The molecule has 1 aliphatic rings. The summed E-state index contributed by atoms with van der Waals surface area (Å²) in [5.41, 5.74) is 2.00. The van der Waals surface area contributed by atoms with Gasteiger partial charge in [-0.2, -0.15) is 0 Å². The van der Waals surface area contributed by atoms with E-state index in [1.54, 1.807) is 29.2 Å². The number of hydrogen-bond donors (Lipinski definition) is 0. The van der Waals surface area contributed by atoms with Gasteiger partial charge < -0.3 is 18.9 Å². The summed E-state index contributed by atoms with van der Waals surface area (Å²) < 4.78 is 16.1. The smallest absolute Gasteiger partial charge is 0.338 e. The van der Waals surface area contributed by atoms with Crippen LogP contribution in [0.3, 0.4) is 0 Å². The van der Waals surface area contributed by atoms with Gasteiger partial charge in [-0.05, 0) is 50.8 Å². The summed E-state index contributed by atoms with van der Waals surface area (Å²) in [5, 5.41) is 3.89. The number of benzene rings is 1. The summed E-state index contributed by atoms with van der Waals surface area (Å²) in [7, 11) is 0. The summed E-state index contributed by atoms with van der Waals surface area (Å²) >= 11 is 0. The molecule has 0 bridgehead atoms. The third-order valence-corrected chi connectivity index (χ3v) is 4.97. The molecule has 0 radical (unpaired) electrons. The van der Waals surface area contributed by atoms with E-state index in [4.69, 9.17) is 14.0 Å². The number of piperidine rings is 1. The Labute approximate surface area is 164 Å². The van der Waals surface area contributed by atoms with Gasteiger partial charge in [0.05, 0.1) is 16.8 Å². The largest absolute Gasteiger partial charge is 0.489 e. The molecular formula is C21H26N2O5. The Morgan fingerprint density at radius 3 is 2.86 bits per heavy atom. The maximum absolute atomic E-state index is 12.3. The maximum Gasteiger partial charge on any atom is 0.338 e. The highest BCUT2D eigenvalue weighted by atomic mass is 16.5. The van der Waals surface area contributed by atoms with E-state index in [1.807, 2.05) is 13.8 Å². The predicted octanol–water partition coefficient (Wildman–Crippen LogP) is 3.29. The van der Waals surface area contributed by atoms with E-state index >= 15 is 0 Å². The van der Waals surface area contributed by atoms with Crippen molar-refractivity contribution in [1.29, 1.82) is 0 Å². The van der Waals surface area contributed by atoms with Gasteiger partial charge in [0.1, 0.15) is 18.1 Å². The van der Waals surface area contributed by atoms with Crippen molar-refractivity contribution in [2.75, 3.05) is 19.7 Å². The van der Waals surface area contributed by atoms with Crippen molar-refractivity contribution in [1.82, 2.24) is 10.1 Å². The second-order valence-electron chi connectivity index (χ2n) is 7.28. The summed E-state index contributed by atoms with van der Waals surface area (Å²) in [5.74, 6) is 1.04. The fraction of sp³-hybridized carbons (Fsp3) is 0.476. The highest BCUT2D eigenvalue weighted by molar-refractivity contribution is 5.91. The molecule has 2 aromatic rings. The van der Waals surface area contributed by atoms with Crippen LogP contribution >= 0.6 is 0 Å². The number of aromatic nitrogens is 1. The Morgan fingerprint density at radius 1 is 1.32 bits per heavy atom. The molecule has 1 amide bonds. The number of amides is 1. The van der Waals surface area contributed by atoms with Crippen molar-refractivity contribution in [2.24, 2.45) is 5.92 Å². The van der Waals surface area contributed by atoms with Crippen LogP contribution in [0, 0.1) is 19.8 Å². The van der Waals surface area contributed by atoms with E-state index in [0.717, 1.165) is 37.2 Å². The number of ether oxygens (including phenoxy) is 2. The number of carbonyl (C=O) groups is 2. The fourth-order valence-corrected chi connectivity index (χ4v) is 3.29. The molecule has 1 aromatic carbocycles. The number of aryl methyl sites for hydroxylation is 2. The van der Waals surface area contributed by atoms with Crippen LogP contribution in [-0.4, -0.2) is 41.6 Å². The van der Waals surface area contributed by atoms with Crippen LogP contribution in [0.15, 0.2) is 28.8 Å². The van der Waals surface area contributed by atoms with Crippen LogP contribution in [0.25, 0.3) is 0 Å². The molecule has 1 aliphatic heterocycles. The molecule has 1 atom stereocenters. The number of hydrogen-bond acceptors (Lipinski definition) is 6. The van der Waals surface area contributed by atoms with Crippen LogP contribution in [0.1, 0.15) is 47.1 Å². The van der Waals surface area contributed by atoms with Gasteiger partial charge in [-0.3, -0.25) is 4.79 Å². The van der Waals surface area contributed by atoms with Crippen LogP contribution in [0.5, 0.6) is 5.75 Å². The minimum Gasteiger partial charge on any atom is -0.489 e. The number of likely N-dealkylation sites (tertiary alicyclic amines) is 1. The second kappa shape index (κ2) is 8.91. The lowest BCUT2D eigenvalue weighted by Crippen LogP contribution is -2.41. The van der Waals surface area contributed by atoms with E-state index < -0.39 is 5.97 Å². The van der Waals surface area contributed by atoms with E-state index in [9.17, 15) is 9.59 Å². The Hall–Kier alpha value is -2.83. The van der Waals surface area contributed by atoms with Crippen molar-refractivity contribution in [3.63, 3.8) is 0 Å². The van der Waals surface area contributed by atoms with Gasteiger partial charge in [-0.1, -0.05) is 18.1 Å². The molecule has 2 heterocycles. The first kappa shape index (κ1) is 19.9. The minimum absolute atomic E-state index is 0.147.